The number of halogens is 2. The minimum absolute atomic E-state index is 0.361. The minimum atomic E-state index is -0.397. The van der Waals surface area contributed by atoms with Crippen LogP contribution in [0.25, 0.3) is 46.6 Å². The Morgan fingerprint density at radius 1 is 0.522 bits per heavy atom. The smallest absolute Gasteiger partial charge is 0.322 e. The Kier molecular flexibility index (Phi) is 8.86. The Bertz CT molecular complexity index is 2280. The van der Waals surface area contributed by atoms with Gasteiger partial charge in [0.2, 0.25) is 0 Å². The van der Waals surface area contributed by atoms with E-state index in [1.54, 1.807) is 61.6 Å². The van der Waals surface area contributed by atoms with Crippen molar-refractivity contribution >= 4 is 69.8 Å². The lowest BCUT2D eigenvalue weighted by molar-refractivity contribution is 0.705. The van der Waals surface area contributed by atoms with Crippen molar-refractivity contribution in [1.82, 2.24) is 37.4 Å². The molecule has 46 heavy (non-hydrogen) atoms. The second-order valence-electron chi connectivity index (χ2n) is 10.6. The van der Waals surface area contributed by atoms with E-state index < -0.39 is 11.4 Å². The molecule has 0 spiro atoms. The summed E-state index contributed by atoms with van der Waals surface area (Å²) in [5.74, 6) is 1.16. The van der Waals surface area contributed by atoms with Gasteiger partial charge in [-0.25, -0.2) is 19.6 Å². The summed E-state index contributed by atoms with van der Waals surface area (Å²) < 4.78 is 8.25. The number of nitrogens with zero attached hydrogens (tertiary/aromatic N) is 8. The number of aromatic nitrogens is 8. The molecule has 0 saturated heterocycles. The number of rotatable bonds is 4. The van der Waals surface area contributed by atoms with Gasteiger partial charge in [-0.1, -0.05) is 59.6 Å². The van der Waals surface area contributed by atoms with Crippen LogP contribution in [0.2, 0.25) is 10.0 Å². The van der Waals surface area contributed by atoms with Gasteiger partial charge >= 0.3 is 11.4 Å². The third-order valence-corrected chi connectivity index (χ3v) is 8.04. The number of aryl methyl sites for hydroxylation is 4. The monoisotopic (exact) mass is 660 g/mol. The molecule has 0 unspecified atom stereocenters. The molecule has 2 aromatic carbocycles. The zero-order valence-corrected chi connectivity index (χ0v) is 27.4. The van der Waals surface area contributed by atoms with Crippen molar-refractivity contribution in [3.63, 3.8) is 0 Å². The highest BCUT2D eigenvalue weighted by Gasteiger charge is 2.16. The zero-order valence-electron chi connectivity index (χ0n) is 25.9. The summed E-state index contributed by atoms with van der Waals surface area (Å²) in [7, 11) is 9.61. The van der Waals surface area contributed by atoms with Crippen molar-refractivity contribution in [3.05, 3.63) is 123 Å². The maximum absolute atomic E-state index is 12.3. The normalized spacial score (nSPS) is 11.7. The SMILES string of the molecule is Cn1c(=O)c2c(nc(/C=C/c3cccc(Cl)c3)n2C)n(C)c1=O.Cn1c(=O)c2c(nc(/C=C/c3cccc(Cl)c3)n2C)n(C)c1=O. The van der Waals surface area contributed by atoms with Crippen LogP contribution in [0.1, 0.15) is 22.8 Å². The van der Waals surface area contributed by atoms with E-state index >= 15 is 0 Å². The molecule has 4 heterocycles. The molecule has 0 aliphatic heterocycles. The van der Waals surface area contributed by atoms with E-state index in [4.69, 9.17) is 23.2 Å². The van der Waals surface area contributed by atoms with E-state index in [0.717, 1.165) is 20.3 Å². The van der Waals surface area contributed by atoms with Gasteiger partial charge in [0.1, 0.15) is 11.6 Å². The van der Waals surface area contributed by atoms with E-state index in [0.29, 0.717) is 44.0 Å². The topological polar surface area (TPSA) is 124 Å². The van der Waals surface area contributed by atoms with Crippen LogP contribution in [0.4, 0.5) is 0 Å². The molecule has 0 atom stereocenters. The Labute approximate surface area is 271 Å². The molecular weight excluding hydrogens is 631 g/mol. The first-order valence-corrected chi connectivity index (χ1v) is 14.7. The van der Waals surface area contributed by atoms with Crippen LogP contribution in [0.3, 0.4) is 0 Å². The fraction of sp³-hybridized carbons (Fsp3) is 0.188. The molecule has 236 valence electrons. The quantitative estimate of drug-likeness (QED) is 0.285. The summed E-state index contributed by atoms with van der Waals surface area (Å²) in [4.78, 5) is 57.4. The predicted octanol–water partition coefficient (Wildman–Crippen LogP) is 3.59. The van der Waals surface area contributed by atoms with Gasteiger partial charge in [-0.15, -0.1) is 0 Å². The number of fused-ring (bicyclic) bond motifs is 2. The molecule has 12 nitrogen and oxygen atoms in total. The van der Waals surface area contributed by atoms with Crippen LogP contribution in [-0.2, 0) is 42.3 Å². The number of hydrogen-bond donors (Lipinski definition) is 0. The van der Waals surface area contributed by atoms with Crippen molar-refractivity contribution in [2.45, 2.75) is 0 Å². The van der Waals surface area contributed by atoms with E-state index in [-0.39, 0.29) is 11.1 Å². The predicted molar refractivity (Wildman–Crippen MR) is 183 cm³/mol. The first-order chi connectivity index (χ1) is 21.8. The summed E-state index contributed by atoms with van der Waals surface area (Å²) in [5.41, 5.74) is 1.84. The van der Waals surface area contributed by atoms with E-state index in [2.05, 4.69) is 9.97 Å². The summed E-state index contributed by atoms with van der Waals surface area (Å²) in [6.45, 7) is 0. The van der Waals surface area contributed by atoms with Crippen LogP contribution in [-0.4, -0.2) is 37.4 Å². The van der Waals surface area contributed by atoms with Gasteiger partial charge in [-0.2, -0.15) is 0 Å². The molecule has 0 aliphatic rings. The minimum Gasteiger partial charge on any atom is -0.322 e. The number of hydrogen-bond acceptors (Lipinski definition) is 6. The number of benzene rings is 2. The Balaban J connectivity index is 0.000000181. The molecular formula is C32H30Cl2N8O4. The highest BCUT2D eigenvalue weighted by atomic mass is 35.5. The van der Waals surface area contributed by atoms with Crippen LogP contribution in [0, 0.1) is 0 Å². The Morgan fingerprint density at radius 3 is 1.24 bits per heavy atom. The van der Waals surface area contributed by atoms with E-state index in [9.17, 15) is 19.2 Å². The first-order valence-electron chi connectivity index (χ1n) is 13.9. The van der Waals surface area contributed by atoms with Crippen LogP contribution in [0.15, 0.2) is 67.7 Å². The van der Waals surface area contributed by atoms with Gasteiger partial charge in [0.15, 0.2) is 22.3 Å². The maximum atomic E-state index is 12.3. The molecule has 0 saturated carbocycles. The molecule has 6 aromatic rings. The summed E-state index contributed by atoms with van der Waals surface area (Å²) in [6, 6.07) is 14.8. The molecule has 0 aliphatic carbocycles. The summed E-state index contributed by atoms with van der Waals surface area (Å²) in [6.07, 6.45) is 7.29. The van der Waals surface area contributed by atoms with Crippen molar-refractivity contribution < 1.29 is 0 Å². The second-order valence-corrected chi connectivity index (χ2v) is 11.5. The molecule has 0 fully saturated rings. The summed E-state index contributed by atoms with van der Waals surface area (Å²) in [5, 5.41) is 1.29. The van der Waals surface area contributed by atoms with Crippen LogP contribution in [0.5, 0.6) is 0 Å². The molecule has 0 N–H and O–H groups in total. The maximum Gasteiger partial charge on any atom is 0.332 e. The molecule has 0 amide bonds. The number of imidazole rings is 2. The van der Waals surface area contributed by atoms with E-state index in [1.165, 1.54) is 23.2 Å². The van der Waals surface area contributed by atoms with Gasteiger partial charge in [-0.05, 0) is 47.5 Å². The highest BCUT2D eigenvalue weighted by Crippen LogP contribution is 2.17. The van der Waals surface area contributed by atoms with Gasteiger partial charge in [0.25, 0.3) is 11.1 Å². The standard InChI is InChI=1S/2C16H15ClN4O2/c2*1-19-12(8-7-10-5-4-6-11(17)9-10)18-14-13(19)15(22)21(3)16(23)20(14)2/h2*4-9H,1-3H3/b2*8-7+. The van der Waals surface area contributed by atoms with Gasteiger partial charge in [-0.3, -0.25) is 27.9 Å². The average molecular weight is 662 g/mol. The van der Waals surface area contributed by atoms with Crippen molar-refractivity contribution in [1.29, 1.82) is 0 Å². The van der Waals surface area contributed by atoms with Crippen LogP contribution >= 0.6 is 23.2 Å². The van der Waals surface area contributed by atoms with Crippen LogP contribution < -0.4 is 22.5 Å². The lowest BCUT2D eigenvalue weighted by Gasteiger charge is -2.03. The molecule has 14 heteroatoms. The Hall–Kier alpha value is -5.20. The molecule has 0 bridgehead atoms. The third-order valence-electron chi connectivity index (χ3n) is 7.57. The average Bonchev–Trinajstić information content (AvgIpc) is 3.55. The Morgan fingerprint density at radius 2 is 0.891 bits per heavy atom. The third kappa shape index (κ3) is 5.92. The lowest BCUT2D eigenvalue weighted by atomic mass is 10.2. The second kappa shape index (κ2) is 12.7. The largest absolute Gasteiger partial charge is 0.332 e. The summed E-state index contributed by atoms with van der Waals surface area (Å²) >= 11 is 11.9. The molecule has 0 radical (unpaired) electrons. The van der Waals surface area contributed by atoms with Crippen molar-refractivity contribution in [3.8, 4) is 0 Å². The lowest BCUT2D eigenvalue weighted by Crippen LogP contribution is -2.37. The fourth-order valence-corrected chi connectivity index (χ4v) is 5.33. The zero-order chi connectivity index (χ0) is 33.4. The highest BCUT2D eigenvalue weighted by molar-refractivity contribution is 6.31. The van der Waals surface area contributed by atoms with Gasteiger partial charge in [0, 0.05) is 52.3 Å². The first kappa shape index (κ1) is 32.2. The molecule has 6 rings (SSSR count). The fourth-order valence-electron chi connectivity index (χ4n) is 4.93. The van der Waals surface area contributed by atoms with Gasteiger partial charge in [0.05, 0.1) is 0 Å². The van der Waals surface area contributed by atoms with E-state index in [1.807, 2.05) is 48.6 Å². The van der Waals surface area contributed by atoms with Gasteiger partial charge < -0.3 is 9.13 Å². The van der Waals surface area contributed by atoms with Crippen molar-refractivity contribution in [2.24, 2.45) is 42.3 Å². The van der Waals surface area contributed by atoms with Crippen molar-refractivity contribution in [2.75, 3.05) is 0 Å². The molecule has 4 aromatic heterocycles.